The van der Waals surface area contributed by atoms with E-state index in [4.69, 9.17) is 5.11 Å². The minimum atomic E-state index is 0.279. The van der Waals surface area contributed by atoms with Crippen LogP contribution in [-0.4, -0.2) is 10.1 Å². The topological polar surface area (TPSA) is 33.1 Å². The van der Waals surface area contributed by atoms with Crippen molar-refractivity contribution in [3.63, 3.8) is 0 Å². The van der Waals surface area contributed by atoms with E-state index in [9.17, 15) is 0 Å². The highest BCUT2D eigenvalue weighted by Gasteiger charge is 1.98. The van der Waals surface area contributed by atoms with Crippen molar-refractivity contribution in [3.8, 4) is 17.0 Å². The fraction of sp³-hybridized carbons (Fsp3) is 0.214. The quantitative estimate of drug-likeness (QED) is 0.785. The molecule has 1 aromatic carbocycles. The molecule has 84 valence electrons. The van der Waals surface area contributed by atoms with Crippen LogP contribution in [0.25, 0.3) is 11.3 Å². The molecule has 0 spiro atoms. The van der Waals surface area contributed by atoms with Crippen LogP contribution >= 0.6 is 0 Å². The first kappa shape index (κ1) is 12.2. The summed E-state index contributed by atoms with van der Waals surface area (Å²) in [6.45, 7) is 5.96. The molecular weight excluding hydrogens is 198 g/mol. The molecule has 0 bridgehead atoms. The molecule has 0 amide bonds. The first-order valence-electron chi connectivity index (χ1n) is 5.49. The highest BCUT2D eigenvalue weighted by Crippen LogP contribution is 2.19. The van der Waals surface area contributed by atoms with Crippen LogP contribution in [0, 0.1) is 6.92 Å². The van der Waals surface area contributed by atoms with Gasteiger partial charge in [-0.3, -0.25) is 4.98 Å². The summed E-state index contributed by atoms with van der Waals surface area (Å²) in [5.74, 6) is 0.279. The molecule has 1 aromatic heterocycles. The van der Waals surface area contributed by atoms with E-state index in [-0.39, 0.29) is 5.75 Å². The van der Waals surface area contributed by atoms with Crippen LogP contribution < -0.4 is 0 Å². The molecule has 2 aromatic rings. The first-order chi connectivity index (χ1) is 7.75. The summed E-state index contributed by atoms with van der Waals surface area (Å²) in [4.78, 5) is 4.39. The third kappa shape index (κ3) is 3.09. The van der Waals surface area contributed by atoms with Crippen molar-refractivity contribution >= 4 is 0 Å². The van der Waals surface area contributed by atoms with Crippen molar-refractivity contribution in [3.05, 3.63) is 48.2 Å². The zero-order valence-corrected chi connectivity index (χ0v) is 9.94. The van der Waals surface area contributed by atoms with Crippen LogP contribution in [-0.2, 0) is 0 Å². The number of benzene rings is 1. The zero-order valence-electron chi connectivity index (χ0n) is 9.94. The van der Waals surface area contributed by atoms with Gasteiger partial charge in [0.2, 0.25) is 0 Å². The van der Waals surface area contributed by atoms with E-state index in [0.717, 1.165) is 17.0 Å². The maximum Gasteiger partial charge on any atom is 0.115 e. The van der Waals surface area contributed by atoms with E-state index >= 15 is 0 Å². The maximum absolute atomic E-state index is 9.14. The summed E-state index contributed by atoms with van der Waals surface area (Å²) in [5.41, 5.74) is 2.95. The fourth-order valence-electron chi connectivity index (χ4n) is 1.34. The van der Waals surface area contributed by atoms with Gasteiger partial charge in [-0.15, -0.1) is 0 Å². The lowest BCUT2D eigenvalue weighted by atomic mass is 10.1. The van der Waals surface area contributed by atoms with Crippen LogP contribution in [0.2, 0.25) is 0 Å². The molecular formula is C14H17NO. The summed E-state index contributed by atoms with van der Waals surface area (Å²) >= 11 is 0. The molecule has 2 heteroatoms. The summed E-state index contributed by atoms with van der Waals surface area (Å²) in [7, 11) is 0. The normalized spacial score (nSPS) is 9.19. The third-order valence-corrected chi connectivity index (χ3v) is 2.05. The number of aromatic nitrogens is 1. The van der Waals surface area contributed by atoms with Crippen molar-refractivity contribution in [2.45, 2.75) is 20.8 Å². The number of aryl methyl sites for hydroxylation is 1. The van der Waals surface area contributed by atoms with Gasteiger partial charge in [0.05, 0.1) is 5.69 Å². The van der Waals surface area contributed by atoms with Crippen molar-refractivity contribution in [2.75, 3.05) is 0 Å². The van der Waals surface area contributed by atoms with Crippen LogP contribution in [0.15, 0.2) is 42.5 Å². The van der Waals surface area contributed by atoms with E-state index in [1.54, 1.807) is 12.1 Å². The summed E-state index contributed by atoms with van der Waals surface area (Å²) in [6, 6.07) is 12.9. The Labute approximate surface area is 96.6 Å². The van der Waals surface area contributed by atoms with Gasteiger partial charge in [-0.2, -0.15) is 0 Å². The van der Waals surface area contributed by atoms with E-state index in [2.05, 4.69) is 4.98 Å². The van der Waals surface area contributed by atoms with Gasteiger partial charge in [0.25, 0.3) is 0 Å². The number of nitrogens with zero attached hydrogens (tertiary/aromatic N) is 1. The van der Waals surface area contributed by atoms with Crippen LogP contribution in [0.3, 0.4) is 0 Å². The highest BCUT2D eigenvalue weighted by molar-refractivity contribution is 5.59. The number of phenolic OH excluding ortho intramolecular Hbond substituents is 1. The first-order valence-corrected chi connectivity index (χ1v) is 5.49. The Morgan fingerprint density at radius 3 is 2.12 bits per heavy atom. The molecule has 0 fully saturated rings. The van der Waals surface area contributed by atoms with E-state index in [1.165, 1.54) is 0 Å². The van der Waals surface area contributed by atoms with E-state index < -0.39 is 0 Å². The number of pyridine rings is 1. The Hall–Kier alpha value is -1.83. The smallest absolute Gasteiger partial charge is 0.115 e. The van der Waals surface area contributed by atoms with Crippen molar-refractivity contribution in [2.24, 2.45) is 0 Å². The Morgan fingerprint density at radius 2 is 1.56 bits per heavy atom. The van der Waals surface area contributed by atoms with Gasteiger partial charge < -0.3 is 5.11 Å². The average molecular weight is 215 g/mol. The standard InChI is InChI=1S/C12H11NO.C2H6/c1-9-3-2-4-12(13-9)10-5-7-11(14)8-6-10;1-2/h2-8,14H,1H3;1-2H3. The Kier molecular flexibility index (Phi) is 4.52. The van der Waals surface area contributed by atoms with Crippen LogP contribution in [0.4, 0.5) is 0 Å². The largest absolute Gasteiger partial charge is 0.508 e. The van der Waals surface area contributed by atoms with Gasteiger partial charge in [-0.1, -0.05) is 19.9 Å². The van der Waals surface area contributed by atoms with Gasteiger partial charge in [0, 0.05) is 11.3 Å². The minimum absolute atomic E-state index is 0.279. The lowest BCUT2D eigenvalue weighted by Gasteiger charge is -2.01. The molecule has 0 aliphatic heterocycles. The minimum Gasteiger partial charge on any atom is -0.508 e. The lowest BCUT2D eigenvalue weighted by molar-refractivity contribution is 0.475. The monoisotopic (exact) mass is 215 g/mol. The van der Waals surface area contributed by atoms with Crippen molar-refractivity contribution in [1.29, 1.82) is 0 Å². The number of phenols is 1. The predicted molar refractivity (Wildman–Crippen MR) is 67.4 cm³/mol. The molecule has 0 atom stereocenters. The molecule has 0 saturated heterocycles. The maximum atomic E-state index is 9.14. The number of hydrogen-bond donors (Lipinski definition) is 1. The predicted octanol–water partition coefficient (Wildman–Crippen LogP) is 3.79. The van der Waals surface area contributed by atoms with Gasteiger partial charge in [-0.25, -0.2) is 0 Å². The molecule has 1 heterocycles. The summed E-state index contributed by atoms with van der Waals surface area (Å²) in [5, 5.41) is 9.14. The van der Waals surface area contributed by atoms with Crippen LogP contribution in [0.5, 0.6) is 5.75 Å². The fourth-order valence-corrected chi connectivity index (χ4v) is 1.34. The Bertz CT molecular complexity index is 435. The molecule has 1 N–H and O–H groups in total. The third-order valence-electron chi connectivity index (χ3n) is 2.05. The molecule has 0 unspecified atom stereocenters. The number of aromatic hydroxyl groups is 1. The molecule has 0 aliphatic carbocycles. The van der Waals surface area contributed by atoms with Gasteiger partial charge in [0.1, 0.15) is 5.75 Å². The van der Waals surface area contributed by atoms with Gasteiger partial charge in [-0.05, 0) is 43.3 Å². The van der Waals surface area contributed by atoms with Gasteiger partial charge in [0.15, 0.2) is 0 Å². The second-order valence-electron chi connectivity index (χ2n) is 3.21. The molecule has 0 radical (unpaired) electrons. The molecule has 0 saturated carbocycles. The van der Waals surface area contributed by atoms with E-state index in [1.807, 2.05) is 51.1 Å². The Balaban J connectivity index is 0.000000606. The molecule has 16 heavy (non-hydrogen) atoms. The van der Waals surface area contributed by atoms with Crippen molar-refractivity contribution in [1.82, 2.24) is 4.98 Å². The lowest BCUT2D eigenvalue weighted by Crippen LogP contribution is -1.85. The number of rotatable bonds is 1. The van der Waals surface area contributed by atoms with Gasteiger partial charge >= 0.3 is 0 Å². The van der Waals surface area contributed by atoms with Crippen molar-refractivity contribution < 1.29 is 5.11 Å². The number of hydrogen-bond acceptors (Lipinski definition) is 2. The molecule has 2 rings (SSSR count). The summed E-state index contributed by atoms with van der Waals surface area (Å²) in [6.07, 6.45) is 0. The highest BCUT2D eigenvalue weighted by atomic mass is 16.3. The average Bonchev–Trinajstić information content (AvgIpc) is 2.32. The molecule has 0 aliphatic rings. The molecule has 2 nitrogen and oxygen atoms in total. The van der Waals surface area contributed by atoms with Crippen LogP contribution in [0.1, 0.15) is 19.5 Å². The summed E-state index contributed by atoms with van der Waals surface area (Å²) < 4.78 is 0. The Morgan fingerprint density at radius 1 is 0.938 bits per heavy atom. The zero-order chi connectivity index (χ0) is 12.0. The SMILES string of the molecule is CC.Cc1cccc(-c2ccc(O)cc2)n1. The second kappa shape index (κ2) is 5.91. The van der Waals surface area contributed by atoms with E-state index in [0.29, 0.717) is 0 Å². The second-order valence-corrected chi connectivity index (χ2v) is 3.21.